The van der Waals surface area contributed by atoms with Crippen LogP contribution in [-0.2, 0) is 14.4 Å². The van der Waals surface area contributed by atoms with E-state index >= 15 is 0 Å². The molecule has 0 aliphatic heterocycles. The first-order valence-corrected chi connectivity index (χ1v) is 15.1. The molecule has 0 bridgehead atoms. The maximum absolute atomic E-state index is 13.5. The van der Waals surface area contributed by atoms with Crippen molar-refractivity contribution >= 4 is 64.2 Å². The molecule has 4 aromatic rings. The van der Waals surface area contributed by atoms with Crippen LogP contribution in [0.25, 0.3) is 6.08 Å². The fourth-order valence-corrected chi connectivity index (χ4v) is 5.09. The summed E-state index contributed by atoms with van der Waals surface area (Å²) in [5.41, 5.74) is 4.01. The summed E-state index contributed by atoms with van der Waals surface area (Å²) in [6, 6.07) is 30.3. The summed E-state index contributed by atoms with van der Waals surface area (Å²) in [5.74, 6) is -1.27. The molecule has 4 amide bonds. The molecule has 1 unspecified atom stereocenters. The van der Waals surface area contributed by atoms with E-state index in [0.717, 1.165) is 16.1 Å². The van der Waals surface area contributed by atoms with Crippen molar-refractivity contribution in [3.05, 3.63) is 120 Å². The van der Waals surface area contributed by atoms with Crippen molar-refractivity contribution in [2.24, 2.45) is 0 Å². The molecule has 0 aromatic heterocycles. The zero-order chi connectivity index (χ0) is 32.3. The molecular formula is C35H35N5O4S. The van der Waals surface area contributed by atoms with Gasteiger partial charge in [0.15, 0.2) is 0 Å². The highest BCUT2D eigenvalue weighted by molar-refractivity contribution is 8.00. The molecule has 0 saturated carbocycles. The average molecular weight is 622 g/mol. The fourth-order valence-electron chi connectivity index (χ4n) is 4.17. The molecule has 4 aromatic carbocycles. The Bertz CT molecular complexity index is 1690. The lowest BCUT2D eigenvalue weighted by Gasteiger charge is -2.15. The first kappa shape index (κ1) is 32.6. The first-order valence-electron chi connectivity index (χ1n) is 14.2. The van der Waals surface area contributed by atoms with Crippen LogP contribution in [0.4, 0.5) is 22.7 Å². The lowest BCUT2D eigenvalue weighted by atomic mass is 10.1. The molecular weight excluding hydrogens is 586 g/mol. The molecule has 10 heteroatoms. The number of rotatable bonds is 11. The minimum Gasteiger partial charge on any atom is -0.378 e. The van der Waals surface area contributed by atoms with Gasteiger partial charge in [-0.15, -0.1) is 11.8 Å². The van der Waals surface area contributed by atoms with Crippen LogP contribution in [0, 0.1) is 0 Å². The first-order chi connectivity index (χ1) is 21.6. The topological polar surface area (TPSA) is 120 Å². The quantitative estimate of drug-likeness (QED) is 0.116. The number of benzene rings is 4. The van der Waals surface area contributed by atoms with Crippen molar-refractivity contribution in [1.82, 2.24) is 5.32 Å². The van der Waals surface area contributed by atoms with Gasteiger partial charge in [0.2, 0.25) is 11.8 Å². The minimum atomic E-state index is -0.494. The largest absolute Gasteiger partial charge is 0.378 e. The maximum atomic E-state index is 13.5. The SMILES string of the molecule is CC(=O)Nc1ccc(NC(=O)C(C)Sc2cccc(NC(=O)/C(=C\c3ccc(N(C)C)cc3)NC(=O)c3ccccc3)c2)cc1. The van der Waals surface area contributed by atoms with Crippen LogP contribution >= 0.6 is 11.8 Å². The molecule has 0 radical (unpaired) electrons. The number of carbonyl (C=O) groups excluding carboxylic acids is 4. The molecule has 0 saturated heterocycles. The van der Waals surface area contributed by atoms with Crippen molar-refractivity contribution in [3.63, 3.8) is 0 Å². The highest BCUT2D eigenvalue weighted by atomic mass is 32.2. The van der Waals surface area contributed by atoms with E-state index in [4.69, 9.17) is 0 Å². The van der Waals surface area contributed by atoms with E-state index in [-0.39, 0.29) is 17.5 Å². The number of nitrogens with one attached hydrogen (secondary N) is 4. The Morgan fingerprint density at radius 1 is 0.733 bits per heavy atom. The van der Waals surface area contributed by atoms with Crippen LogP contribution in [-0.4, -0.2) is 43.0 Å². The number of anilines is 4. The van der Waals surface area contributed by atoms with Gasteiger partial charge in [0.25, 0.3) is 11.8 Å². The van der Waals surface area contributed by atoms with Crippen LogP contribution in [0.3, 0.4) is 0 Å². The third kappa shape index (κ3) is 9.84. The van der Waals surface area contributed by atoms with Crippen molar-refractivity contribution in [2.75, 3.05) is 34.9 Å². The molecule has 0 aliphatic rings. The van der Waals surface area contributed by atoms with Gasteiger partial charge in [0, 0.05) is 54.2 Å². The second kappa shape index (κ2) is 15.4. The lowest BCUT2D eigenvalue weighted by molar-refractivity contribution is -0.115. The van der Waals surface area contributed by atoms with E-state index in [9.17, 15) is 19.2 Å². The molecule has 230 valence electrons. The van der Waals surface area contributed by atoms with Gasteiger partial charge in [0.05, 0.1) is 5.25 Å². The molecule has 0 spiro atoms. The molecule has 9 nitrogen and oxygen atoms in total. The number of hydrogen-bond donors (Lipinski definition) is 4. The summed E-state index contributed by atoms with van der Waals surface area (Å²) in [5, 5.41) is 10.8. The van der Waals surface area contributed by atoms with Gasteiger partial charge in [-0.1, -0.05) is 36.4 Å². The van der Waals surface area contributed by atoms with Crippen molar-refractivity contribution in [2.45, 2.75) is 24.0 Å². The molecule has 0 aliphatic carbocycles. The van der Waals surface area contributed by atoms with Gasteiger partial charge in [0.1, 0.15) is 5.70 Å². The second-order valence-corrected chi connectivity index (χ2v) is 11.8. The van der Waals surface area contributed by atoms with Crippen molar-refractivity contribution in [1.29, 1.82) is 0 Å². The summed E-state index contributed by atoms with van der Waals surface area (Å²) in [6.07, 6.45) is 1.63. The molecule has 0 fully saturated rings. The van der Waals surface area contributed by atoms with Gasteiger partial charge in [-0.25, -0.2) is 0 Å². The van der Waals surface area contributed by atoms with E-state index in [1.807, 2.05) is 55.4 Å². The number of carbonyl (C=O) groups is 4. The highest BCUT2D eigenvalue weighted by Crippen LogP contribution is 2.27. The van der Waals surface area contributed by atoms with Crippen LogP contribution in [0.2, 0.25) is 0 Å². The Labute approximate surface area is 267 Å². The number of nitrogens with zero attached hydrogens (tertiary/aromatic N) is 1. The van der Waals surface area contributed by atoms with Gasteiger partial charge < -0.3 is 26.2 Å². The van der Waals surface area contributed by atoms with E-state index < -0.39 is 17.1 Å². The van der Waals surface area contributed by atoms with Crippen LogP contribution in [0.15, 0.2) is 114 Å². The Kier molecular flexibility index (Phi) is 11.1. The van der Waals surface area contributed by atoms with E-state index in [1.165, 1.54) is 18.7 Å². The zero-order valence-corrected chi connectivity index (χ0v) is 26.3. The summed E-state index contributed by atoms with van der Waals surface area (Å²) in [6.45, 7) is 3.22. The van der Waals surface area contributed by atoms with E-state index in [0.29, 0.717) is 22.6 Å². The Morgan fingerprint density at radius 2 is 1.38 bits per heavy atom. The van der Waals surface area contributed by atoms with Crippen LogP contribution in [0.5, 0.6) is 0 Å². The Balaban J connectivity index is 1.45. The van der Waals surface area contributed by atoms with Gasteiger partial charge in [-0.3, -0.25) is 19.2 Å². The smallest absolute Gasteiger partial charge is 0.272 e. The standard InChI is InChI=1S/C35H35N5O4S/c1-23(33(42)37-28-17-15-27(16-18-28)36-24(2)41)45-31-12-8-11-29(22-31)38-35(44)32(39-34(43)26-9-6-5-7-10-26)21-25-13-19-30(20-14-25)40(3)4/h5-23H,1-4H3,(H,36,41)(H,37,42)(H,38,44)(H,39,43)/b32-21+. The zero-order valence-electron chi connectivity index (χ0n) is 25.5. The normalized spacial score (nSPS) is 11.6. The number of amides is 4. The summed E-state index contributed by atoms with van der Waals surface area (Å²) >= 11 is 1.34. The second-order valence-electron chi connectivity index (χ2n) is 10.4. The summed E-state index contributed by atoms with van der Waals surface area (Å²) < 4.78 is 0. The van der Waals surface area contributed by atoms with Crippen molar-refractivity contribution in [3.8, 4) is 0 Å². The Morgan fingerprint density at radius 3 is 2.00 bits per heavy atom. The van der Waals surface area contributed by atoms with Crippen LogP contribution < -0.4 is 26.2 Å². The van der Waals surface area contributed by atoms with E-state index in [1.54, 1.807) is 79.7 Å². The van der Waals surface area contributed by atoms with Gasteiger partial charge in [-0.05, 0) is 85.3 Å². The Hall–Kier alpha value is -5.35. The molecule has 4 rings (SSSR count). The van der Waals surface area contributed by atoms with Crippen LogP contribution in [0.1, 0.15) is 29.8 Å². The van der Waals surface area contributed by atoms with E-state index in [2.05, 4.69) is 21.3 Å². The molecule has 4 N–H and O–H groups in total. The predicted molar refractivity (Wildman–Crippen MR) is 182 cm³/mol. The average Bonchev–Trinajstić information content (AvgIpc) is 3.02. The number of hydrogen-bond acceptors (Lipinski definition) is 6. The molecule has 1 atom stereocenters. The fraction of sp³-hybridized carbons (Fsp3) is 0.143. The summed E-state index contributed by atoms with van der Waals surface area (Å²) in [7, 11) is 3.89. The van der Waals surface area contributed by atoms with Crippen molar-refractivity contribution < 1.29 is 19.2 Å². The predicted octanol–water partition coefficient (Wildman–Crippen LogP) is 6.24. The number of thioether (sulfide) groups is 1. The lowest BCUT2D eigenvalue weighted by Crippen LogP contribution is -2.30. The van der Waals surface area contributed by atoms with Gasteiger partial charge >= 0.3 is 0 Å². The molecule has 45 heavy (non-hydrogen) atoms. The third-order valence-electron chi connectivity index (χ3n) is 6.50. The maximum Gasteiger partial charge on any atom is 0.272 e. The van der Waals surface area contributed by atoms with Gasteiger partial charge in [-0.2, -0.15) is 0 Å². The third-order valence-corrected chi connectivity index (χ3v) is 7.59. The minimum absolute atomic E-state index is 0.0804. The molecule has 0 heterocycles. The highest BCUT2D eigenvalue weighted by Gasteiger charge is 2.17. The summed E-state index contributed by atoms with van der Waals surface area (Å²) in [4.78, 5) is 53.3. The monoisotopic (exact) mass is 621 g/mol.